The van der Waals surface area contributed by atoms with Gasteiger partial charge < -0.3 is 9.47 Å². The van der Waals surface area contributed by atoms with E-state index in [1.54, 1.807) is 0 Å². The van der Waals surface area contributed by atoms with Crippen molar-refractivity contribution in [3.05, 3.63) is 28.8 Å². The second kappa shape index (κ2) is 6.12. The first-order valence-electron chi connectivity index (χ1n) is 7.24. The Balaban J connectivity index is 1.62. The standard InChI is InChI=1S/C15H19ClN2O3/c1-2-20-14-4-3-11(7-13(14)16)8-17-5-6-18-12(9-17)10-21-15(18)19/h3-4,7,12H,2,5-6,8-10H2,1H3/t12-/m1/s1. The molecule has 0 aliphatic carbocycles. The van der Waals surface area contributed by atoms with Crippen LogP contribution in [0.3, 0.4) is 0 Å². The third-order valence-electron chi connectivity index (χ3n) is 3.90. The van der Waals surface area contributed by atoms with E-state index in [0.717, 1.165) is 37.5 Å². The molecule has 1 aromatic carbocycles. The van der Waals surface area contributed by atoms with Crippen molar-refractivity contribution in [1.82, 2.24) is 9.80 Å². The normalized spacial score (nSPS) is 22.1. The Kier molecular flexibility index (Phi) is 4.22. The highest BCUT2D eigenvalue weighted by Gasteiger charge is 2.37. The Morgan fingerprint density at radius 3 is 3.05 bits per heavy atom. The Labute approximate surface area is 129 Å². The topological polar surface area (TPSA) is 42.0 Å². The van der Waals surface area contributed by atoms with Gasteiger partial charge in [-0.25, -0.2) is 4.79 Å². The number of benzene rings is 1. The van der Waals surface area contributed by atoms with Crippen LogP contribution in [0.5, 0.6) is 5.75 Å². The van der Waals surface area contributed by atoms with Gasteiger partial charge in [0.15, 0.2) is 0 Å². The molecule has 2 saturated heterocycles. The van der Waals surface area contributed by atoms with Gasteiger partial charge >= 0.3 is 6.09 Å². The summed E-state index contributed by atoms with van der Waals surface area (Å²) in [5.74, 6) is 0.725. The quantitative estimate of drug-likeness (QED) is 0.856. The molecule has 1 aromatic rings. The Morgan fingerprint density at radius 2 is 2.29 bits per heavy atom. The van der Waals surface area contributed by atoms with Crippen LogP contribution in [-0.2, 0) is 11.3 Å². The fraction of sp³-hybridized carbons (Fsp3) is 0.533. The van der Waals surface area contributed by atoms with Crippen LogP contribution in [0.1, 0.15) is 12.5 Å². The second-order valence-electron chi connectivity index (χ2n) is 5.36. The van der Waals surface area contributed by atoms with E-state index in [9.17, 15) is 4.79 Å². The lowest BCUT2D eigenvalue weighted by Crippen LogP contribution is -2.51. The Morgan fingerprint density at radius 1 is 1.43 bits per heavy atom. The van der Waals surface area contributed by atoms with Crippen molar-refractivity contribution in [3.63, 3.8) is 0 Å². The predicted molar refractivity (Wildman–Crippen MR) is 79.7 cm³/mol. The molecule has 2 heterocycles. The third-order valence-corrected chi connectivity index (χ3v) is 4.20. The lowest BCUT2D eigenvalue weighted by molar-refractivity contribution is 0.115. The summed E-state index contributed by atoms with van der Waals surface area (Å²) in [5, 5.41) is 0.646. The summed E-state index contributed by atoms with van der Waals surface area (Å²) in [4.78, 5) is 15.6. The number of hydrogen-bond donors (Lipinski definition) is 0. The zero-order valence-corrected chi connectivity index (χ0v) is 12.8. The minimum Gasteiger partial charge on any atom is -0.492 e. The highest BCUT2D eigenvalue weighted by molar-refractivity contribution is 6.32. The van der Waals surface area contributed by atoms with E-state index in [2.05, 4.69) is 4.90 Å². The number of hydrogen-bond acceptors (Lipinski definition) is 4. The molecular formula is C15H19ClN2O3. The maximum atomic E-state index is 11.5. The van der Waals surface area contributed by atoms with E-state index in [4.69, 9.17) is 21.1 Å². The minimum atomic E-state index is -0.177. The molecule has 2 aliphatic heterocycles. The van der Waals surface area contributed by atoms with Crippen LogP contribution in [0, 0.1) is 0 Å². The number of carbonyl (C=O) groups is 1. The molecule has 1 amide bonds. The van der Waals surface area contributed by atoms with Gasteiger partial charge in [0, 0.05) is 26.2 Å². The van der Waals surface area contributed by atoms with Crippen LogP contribution >= 0.6 is 11.6 Å². The Bertz CT molecular complexity index is 538. The fourth-order valence-electron chi connectivity index (χ4n) is 2.87. The first kappa shape index (κ1) is 14.5. The SMILES string of the molecule is CCOc1ccc(CN2CCN3C(=O)OC[C@H]3C2)cc1Cl. The monoisotopic (exact) mass is 310 g/mol. The van der Waals surface area contributed by atoms with Gasteiger partial charge in [-0.2, -0.15) is 0 Å². The van der Waals surface area contributed by atoms with Crippen LogP contribution in [-0.4, -0.2) is 54.8 Å². The average Bonchev–Trinajstić information content (AvgIpc) is 2.83. The molecule has 3 rings (SSSR count). The molecule has 0 unspecified atom stereocenters. The number of halogens is 1. The number of carbonyl (C=O) groups excluding carboxylic acids is 1. The molecule has 0 N–H and O–H groups in total. The van der Waals surface area contributed by atoms with Crippen LogP contribution in [0.15, 0.2) is 18.2 Å². The smallest absolute Gasteiger partial charge is 0.410 e. The van der Waals surface area contributed by atoms with E-state index in [-0.39, 0.29) is 12.1 Å². The van der Waals surface area contributed by atoms with Crippen molar-refractivity contribution >= 4 is 17.7 Å². The van der Waals surface area contributed by atoms with E-state index in [1.165, 1.54) is 0 Å². The van der Waals surface area contributed by atoms with Crippen LogP contribution < -0.4 is 4.74 Å². The Hall–Kier alpha value is -1.46. The number of rotatable bonds is 4. The lowest BCUT2D eigenvalue weighted by Gasteiger charge is -2.35. The summed E-state index contributed by atoms with van der Waals surface area (Å²) in [6.07, 6.45) is -0.177. The first-order valence-corrected chi connectivity index (χ1v) is 7.62. The number of cyclic esters (lactones) is 1. The molecule has 2 fully saturated rings. The van der Waals surface area contributed by atoms with Gasteiger partial charge in [-0.3, -0.25) is 9.80 Å². The molecule has 1 atom stereocenters. The van der Waals surface area contributed by atoms with Gasteiger partial charge in [0.25, 0.3) is 0 Å². The molecule has 21 heavy (non-hydrogen) atoms. The largest absolute Gasteiger partial charge is 0.492 e. The zero-order chi connectivity index (χ0) is 14.8. The number of piperazine rings is 1. The molecule has 0 spiro atoms. The van der Waals surface area contributed by atoms with Gasteiger partial charge in [-0.05, 0) is 24.6 Å². The van der Waals surface area contributed by atoms with Gasteiger partial charge in [0.1, 0.15) is 12.4 Å². The molecule has 5 nitrogen and oxygen atoms in total. The number of ether oxygens (including phenoxy) is 2. The highest BCUT2D eigenvalue weighted by atomic mass is 35.5. The molecule has 0 saturated carbocycles. The van der Waals surface area contributed by atoms with Crippen LogP contribution in [0.4, 0.5) is 4.79 Å². The minimum absolute atomic E-state index is 0.177. The van der Waals surface area contributed by atoms with Crippen LogP contribution in [0.2, 0.25) is 5.02 Å². The summed E-state index contributed by atoms with van der Waals surface area (Å²) in [6.45, 7) is 6.30. The van der Waals surface area contributed by atoms with E-state index < -0.39 is 0 Å². The summed E-state index contributed by atoms with van der Waals surface area (Å²) in [5.41, 5.74) is 1.15. The summed E-state index contributed by atoms with van der Waals surface area (Å²) in [7, 11) is 0. The molecule has 0 aromatic heterocycles. The average molecular weight is 311 g/mol. The molecular weight excluding hydrogens is 292 g/mol. The van der Waals surface area contributed by atoms with Gasteiger partial charge in [0.2, 0.25) is 0 Å². The van der Waals surface area contributed by atoms with Crippen molar-refractivity contribution in [2.75, 3.05) is 32.8 Å². The summed E-state index contributed by atoms with van der Waals surface area (Å²) < 4.78 is 10.5. The maximum Gasteiger partial charge on any atom is 0.410 e. The van der Waals surface area contributed by atoms with Gasteiger partial charge in [-0.1, -0.05) is 17.7 Å². The van der Waals surface area contributed by atoms with Crippen molar-refractivity contribution in [3.8, 4) is 5.75 Å². The zero-order valence-electron chi connectivity index (χ0n) is 12.0. The van der Waals surface area contributed by atoms with Gasteiger partial charge in [0.05, 0.1) is 17.7 Å². The predicted octanol–water partition coefficient (Wildman–Crippen LogP) is 2.38. The van der Waals surface area contributed by atoms with E-state index >= 15 is 0 Å². The summed E-state index contributed by atoms with van der Waals surface area (Å²) >= 11 is 6.22. The number of amides is 1. The van der Waals surface area contributed by atoms with Gasteiger partial charge in [-0.15, -0.1) is 0 Å². The molecule has 6 heteroatoms. The summed E-state index contributed by atoms with van der Waals surface area (Å²) in [6, 6.07) is 6.10. The molecule has 2 aliphatic rings. The molecule has 114 valence electrons. The van der Waals surface area contributed by atoms with E-state index in [0.29, 0.717) is 18.2 Å². The van der Waals surface area contributed by atoms with E-state index in [1.807, 2.05) is 30.0 Å². The van der Waals surface area contributed by atoms with Crippen molar-refractivity contribution in [1.29, 1.82) is 0 Å². The second-order valence-corrected chi connectivity index (χ2v) is 5.76. The first-order chi connectivity index (χ1) is 10.2. The number of nitrogens with zero attached hydrogens (tertiary/aromatic N) is 2. The molecule has 0 radical (unpaired) electrons. The maximum absolute atomic E-state index is 11.5. The van der Waals surface area contributed by atoms with Crippen molar-refractivity contribution in [2.45, 2.75) is 19.5 Å². The molecule has 0 bridgehead atoms. The van der Waals surface area contributed by atoms with Crippen molar-refractivity contribution in [2.24, 2.45) is 0 Å². The third kappa shape index (κ3) is 3.09. The van der Waals surface area contributed by atoms with Crippen molar-refractivity contribution < 1.29 is 14.3 Å². The van der Waals surface area contributed by atoms with Crippen LogP contribution in [0.25, 0.3) is 0 Å². The number of fused-ring (bicyclic) bond motifs is 1. The fourth-order valence-corrected chi connectivity index (χ4v) is 3.13. The lowest BCUT2D eigenvalue weighted by atomic mass is 10.1. The highest BCUT2D eigenvalue weighted by Crippen LogP contribution is 2.27.